The van der Waals surface area contributed by atoms with E-state index >= 15 is 0 Å². The largest absolute Gasteiger partial charge is 0.508 e. The molecule has 0 aliphatic heterocycles. The SMILES string of the molecule is CSCCC(NC(=O)C(N)Cc1ccc(O)cc1)C(=O)NC(C(=O)NC(Cc1ccccc1)C(=O)O)C(C)O. The average molecular weight is 561 g/mol. The van der Waals surface area contributed by atoms with Gasteiger partial charge in [0.1, 0.15) is 23.9 Å². The zero-order chi connectivity index (χ0) is 28.9. The van der Waals surface area contributed by atoms with Crippen LogP contribution in [-0.2, 0) is 32.0 Å². The normalized spacial score (nSPS) is 14.8. The molecule has 0 heterocycles. The molecular formula is C27H36N4O7S. The lowest BCUT2D eigenvalue weighted by Gasteiger charge is -2.26. The van der Waals surface area contributed by atoms with Crippen molar-refractivity contribution >= 4 is 35.5 Å². The van der Waals surface area contributed by atoms with Crippen LogP contribution in [0.15, 0.2) is 54.6 Å². The summed E-state index contributed by atoms with van der Waals surface area (Å²) in [6.45, 7) is 1.29. The molecule has 39 heavy (non-hydrogen) atoms. The number of carboxylic acids is 1. The average Bonchev–Trinajstić information content (AvgIpc) is 2.90. The molecule has 2 rings (SSSR count). The second kappa shape index (κ2) is 15.7. The van der Waals surface area contributed by atoms with Crippen molar-refractivity contribution in [2.75, 3.05) is 12.0 Å². The molecule has 0 spiro atoms. The van der Waals surface area contributed by atoms with Crippen LogP contribution in [-0.4, -0.2) is 81.3 Å². The van der Waals surface area contributed by atoms with Crippen molar-refractivity contribution < 1.29 is 34.5 Å². The summed E-state index contributed by atoms with van der Waals surface area (Å²) in [5, 5.41) is 36.7. The van der Waals surface area contributed by atoms with Gasteiger partial charge in [-0.3, -0.25) is 14.4 Å². The van der Waals surface area contributed by atoms with Crippen LogP contribution in [0.4, 0.5) is 0 Å². The number of aliphatic hydroxyl groups excluding tert-OH is 1. The molecular weight excluding hydrogens is 524 g/mol. The molecule has 12 heteroatoms. The Morgan fingerprint density at radius 3 is 2.00 bits per heavy atom. The van der Waals surface area contributed by atoms with E-state index in [1.807, 2.05) is 6.26 Å². The van der Waals surface area contributed by atoms with Crippen molar-refractivity contribution in [3.05, 3.63) is 65.7 Å². The maximum absolute atomic E-state index is 13.1. The highest BCUT2D eigenvalue weighted by Gasteiger charge is 2.32. The third kappa shape index (κ3) is 10.6. The van der Waals surface area contributed by atoms with E-state index < -0.39 is 54.0 Å². The molecule has 2 aromatic rings. The number of aromatic hydroxyl groups is 1. The van der Waals surface area contributed by atoms with Crippen molar-refractivity contribution in [1.29, 1.82) is 0 Å². The number of carboxylic acid groups (broad SMARTS) is 1. The van der Waals surface area contributed by atoms with E-state index in [0.29, 0.717) is 11.3 Å². The van der Waals surface area contributed by atoms with Crippen LogP contribution in [0.3, 0.4) is 0 Å². The standard InChI is InChI=1S/C27H36N4O7S/c1-16(32)23(26(36)30-22(27(37)38)15-17-6-4-3-5-7-17)31-25(35)21(12-13-39-2)29-24(34)20(28)14-18-8-10-19(33)11-9-18/h3-11,16,20-23,32-33H,12-15,28H2,1-2H3,(H,29,34)(H,30,36)(H,31,35)(H,37,38). The number of phenols is 1. The fourth-order valence-corrected chi connectivity index (χ4v) is 4.20. The third-order valence-electron chi connectivity index (χ3n) is 5.93. The van der Waals surface area contributed by atoms with Gasteiger partial charge in [0.15, 0.2) is 0 Å². The number of aliphatic carboxylic acids is 1. The molecule has 0 fully saturated rings. The Bertz CT molecular complexity index is 1100. The molecule has 5 atom stereocenters. The minimum absolute atomic E-state index is 0.00765. The smallest absolute Gasteiger partial charge is 0.326 e. The predicted octanol–water partition coefficient (Wildman–Crippen LogP) is 0.178. The summed E-state index contributed by atoms with van der Waals surface area (Å²) in [4.78, 5) is 50.6. The predicted molar refractivity (Wildman–Crippen MR) is 148 cm³/mol. The Balaban J connectivity index is 2.08. The molecule has 11 nitrogen and oxygen atoms in total. The summed E-state index contributed by atoms with van der Waals surface area (Å²) in [6.07, 6.45) is 0.879. The van der Waals surface area contributed by atoms with E-state index in [9.17, 15) is 34.5 Å². The van der Waals surface area contributed by atoms with Crippen molar-refractivity contribution in [3.8, 4) is 5.75 Å². The first-order valence-electron chi connectivity index (χ1n) is 12.4. The van der Waals surface area contributed by atoms with Gasteiger partial charge in [0.25, 0.3) is 0 Å². The maximum Gasteiger partial charge on any atom is 0.326 e. The molecule has 0 aliphatic carbocycles. The van der Waals surface area contributed by atoms with E-state index in [4.69, 9.17) is 5.73 Å². The summed E-state index contributed by atoms with van der Waals surface area (Å²) in [6, 6.07) is 10.2. The van der Waals surface area contributed by atoms with E-state index in [0.717, 1.165) is 5.56 Å². The van der Waals surface area contributed by atoms with E-state index in [2.05, 4.69) is 16.0 Å². The number of hydrogen-bond acceptors (Lipinski definition) is 8. The van der Waals surface area contributed by atoms with Crippen LogP contribution < -0.4 is 21.7 Å². The van der Waals surface area contributed by atoms with Gasteiger partial charge in [0.2, 0.25) is 17.7 Å². The lowest BCUT2D eigenvalue weighted by Crippen LogP contribution is -2.60. The van der Waals surface area contributed by atoms with Crippen molar-refractivity contribution in [2.45, 2.75) is 56.5 Å². The molecule has 0 saturated heterocycles. The van der Waals surface area contributed by atoms with Crippen LogP contribution in [0.5, 0.6) is 5.75 Å². The Hall–Kier alpha value is -3.61. The van der Waals surface area contributed by atoms with Gasteiger partial charge in [0.05, 0.1) is 12.1 Å². The summed E-state index contributed by atoms with van der Waals surface area (Å²) in [7, 11) is 0. The van der Waals surface area contributed by atoms with Crippen LogP contribution in [0.1, 0.15) is 24.5 Å². The number of nitrogens with two attached hydrogens (primary N) is 1. The molecule has 5 unspecified atom stereocenters. The second-order valence-corrected chi connectivity index (χ2v) is 10.1. The first kappa shape index (κ1) is 31.6. The number of carbonyl (C=O) groups is 4. The highest BCUT2D eigenvalue weighted by atomic mass is 32.2. The van der Waals surface area contributed by atoms with Gasteiger partial charge in [0, 0.05) is 6.42 Å². The van der Waals surface area contributed by atoms with E-state index in [-0.39, 0.29) is 25.0 Å². The van der Waals surface area contributed by atoms with Gasteiger partial charge in [-0.15, -0.1) is 0 Å². The van der Waals surface area contributed by atoms with Crippen LogP contribution in [0.2, 0.25) is 0 Å². The number of amides is 3. The molecule has 0 aliphatic rings. The summed E-state index contributed by atoms with van der Waals surface area (Å²) < 4.78 is 0. The Labute approximate surface area is 231 Å². The Morgan fingerprint density at radius 2 is 1.44 bits per heavy atom. The summed E-state index contributed by atoms with van der Waals surface area (Å²) >= 11 is 1.45. The molecule has 0 aromatic heterocycles. The molecule has 8 N–H and O–H groups in total. The number of rotatable bonds is 15. The molecule has 0 saturated carbocycles. The minimum Gasteiger partial charge on any atom is -0.508 e. The molecule has 2 aromatic carbocycles. The van der Waals surface area contributed by atoms with Crippen molar-refractivity contribution in [2.24, 2.45) is 5.73 Å². The highest BCUT2D eigenvalue weighted by molar-refractivity contribution is 7.98. The number of benzene rings is 2. The molecule has 3 amide bonds. The number of thioether (sulfide) groups is 1. The number of phenolic OH excluding ortho intramolecular Hbond substituents is 1. The van der Waals surface area contributed by atoms with Crippen LogP contribution in [0, 0.1) is 0 Å². The van der Waals surface area contributed by atoms with Gasteiger partial charge in [-0.25, -0.2) is 4.79 Å². The molecule has 0 radical (unpaired) electrons. The Morgan fingerprint density at radius 1 is 0.846 bits per heavy atom. The van der Waals surface area contributed by atoms with Gasteiger partial charge in [-0.05, 0) is 55.0 Å². The zero-order valence-electron chi connectivity index (χ0n) is 21.9. The fraction of sp³-hybridized carbons (Fsp3) is 0.407. The van der Waals surface area contributed by atoms with E-state index in [1.54, 1.807) is 42.5 Å². The first-order valence-corrected chi connectivity index (χ1v) is 13.8. The van der Waals surface area contributed by atoms with Gasteiger partial charge < -0.3 is 37.0 Å². The van der Waals surface area contributed by atoms with Crippen LogP contribution >= 0.6 is 11.8 Å². The zero-order valence-corrected chi connectivity index (χ0v) is 22.7. The van der Waals surface area contributed by atoms with Gasteiger partial charge in [-0.2, -0.15) is 11.8 Å². The van der Waals surface area contributed by atoms with Gasteiger partial charge >= 0.3 is 5.97 Å². The van der Waals surface area contributed by atoms with E-state index in [1.165, 1.54) is 30.8 Å². The Kier molecular flexibility index (Phi) is 12.7. The number of carbonyl (C=O) groups excluding carboxylic acids is 3. The maximum atomic E-state index is 13.1. The number of hydrogen-bond donors (Lipinski definition) is 7. The van der Waals surface area contributed by atoms with Crippen molar-refractivity contribution in [1.82, 2.24) is 16.0 Å². The quantitative estimate of drug-likeness (QED) is 0.159. The second-order valence-electron chi connectivity index (χ2n) is 9.14. The molecule has 0 bridgehead atoms. The summed E-state index contributed by atoms with van der Waals surface area (Å²) in [5.41, 5.74) is 7.44. The number of nitrogens with one attached hydrogen (secondary N) is 3. The lowest BCUT2D eigenvalue weighted by atomic mass is 10.0. The molecule has 212 valence electrons. The fourth-order valence-electron chi connectivity index (χ4n) is 3.73. The third-order valence-corrected chi connectivity index (χ3v) is 6.58. The minimum atomic E-state index is -1.46. The van der Waals surface area contributed by atoms with Crippen molar-refractivity contribution in [3.63, 3.8) is 0 Å². The summed E-state index contributed by atoms with van der Waals surface area (Å²) in [5.74, 6) is -2.86. The van der Waals surface area contributed by atoms with Gasteiger partial charge in [-0.1, -0.05) is 42.5 Å². The monoisotopic (exact) mass is 560 g/mol. The van der Waals surface area contributed by atoms with Crippen LogP contribution in [0.25, 0.3) is 0 Å². The number of aliphatic hydroxyl groups is 1. The topological polar surface area (TPSA) is 191 Å². The first-order chi connectivity index (χ1) is 18.5. The highest BCUT2D eigenvalue weighted by Crippen LogP contribution is 2.11. The lowest BCUT2D eigenvalue weighted by molar-refractivity contribution is -0.143.